The van der Waals surface area contributed by atoms with Crippen LogP contribution in [-0.4, -0.2) is 10.2 Å². The van der Waals surface area contributed by atoms with E-state index in [-0.39, 0.29) is 0 Å². The Bertz CT molecular complexity index is 467. The molecule has 0 aliphatic rings. The average Bonchev–Trinajstić information content (AvgIpc) is 2.51. The lowest BCUT2D eigenvalue weighted by Gasteiger charge is -2.00. The van der Waals surface area contributed by atoms with E-state index >= 15 is 0 Å². The van der Waals surface area contributed by atoms with Gasteiger partial charge in [0, 0.05) is 21.1 Å². The molecule has 0 saturated heterocycles. The van der Waals surface area contributed by atoms with E-state index in [2.05, 4.69) is 26.1 Å². The zero-order chi connectivity index (χ0) is 10.1. The first-order chi connectivity index (χ1) is 6.66. The molecule has 0 fully saturated rings. The van der Waals surface area contributed by atoms with Crippen molar-refractivity contribution >= 4 is 33.3 Å². The van der Waals surface area contributed by atoms with Gasteiger partial charge in [0.1, 0.15) is 5.82 Å². The Labute approximate surface area is 94.4 Å². The number of aromatic amines is 1. The standard InChI is InChI=1S/C9H7BrClN3/c10-7-3-5(11)1-2-6(7)8-4-9(12)14-13-8/h1-4H,(H3,12,13,14). The first-order valence-corrected chi connectivity index (χ1v) is 5.10. The Morgan fingerprint density at radius 3 is 2.71 bits per heavy atom. The predicted molar refractivity (Wildman–Crippen MR) is 61.1 cm³/mol. The first kappa shape index (κ1) is 9.55. The van der Waals surface area contributed by atoms with Gasteiger partial charge in [-0.3, -0.25) is 5.10 Å². The summed E-state index contributed by atoms with van der Waals surface area (Å²) in [7, 11) is 0. The first-order valence-electron chi connectivity index (χ1n) is 3.93. The third-order valence-corrected chi connectivity index (χ3v) is 2.71. The van der Waals surface area contributed by atoms with Gasteiger partial charge in [0.25, 0.3) is 0 Å². The molecule has 5 heteroatoms. The van der Waals surface area contributed by atoms with Gasteiger partial charge in [-0.1, -0.05) is 33.6 Å². The van der Waals surface area contributed by atoms with E-state index in [9.17, 15) is 0 Å². The zero-order valence-corrected chi connectivity index (χ0v) is 9.43. The molecule has 0 atom stereocenters. The Kier molecular flexibility index (Phi) is 2.48. The second-order valence-electron chi connectivity index (χ2n) is 2.83. The van der Waals surface area contributed by atoms with Crippen LogP contribution in [0.4, 0.5) is 5.82 Å². The van der Waals surface area contributed by atoms with Crippen LogP contribution in [0.5, 0.6) is 0 Å². The van der Waals surface area contributed by atoms with Gasteiger partial charge >= 0.3 is 0 Å². The molecule has 2 rings (SSSR count). The number of rotatable bonds is 1. The minimum Gasteiger partial charge on any atom is -0.382 e. The molecule has 0 spiro atoms. The Morgan fingerprint density at radius 2 is 2.14 bits per heavy atom. The highest BCUT2D eigenvalue weighted by Crippen LogP contribution is 2.29. The fourth-order valence-corrected chi connectivity index (χ4v) is 2.08. The lowest BCUT2D eigenvalue weighted by atomic mass is 10.1. The van der Waals surface area contributed by atoms with Crippen molar-refractivity contribution in [3.05, 3.63) is 33.8 Å². The molecule has 0 aliphatic carbocycles. The van der Waals surface area contributed by atoms with Gasteiger partial charge in [-0.2, -0.15) is 5.10 Å². The lowest BCUT2D eigenvalue weighted by Crippen LogP contribution is -1.81. The summed E-state index contributed by atoms with van der Waals surface area (Å²) < 4.78 is 0.911. The summed E-state index contributed by atoms with van der Waals surface area (Å²) in [5, 5.41) is 7.38. The smallest absolute Gasteiger partial charge is 0.145 e. The summed E-state index contributed by atoms with van der Waals surface area (Å²) in [6.07, 6.45) is 0. The Balaban J connectivity index is 2.52. The van der Waals surface area contributed by atoms with Gasteiger partial charge in [-0.15, -0.1) is 0 Å². The third-order valence-electron chi connectivity index (χ3n) is 1.82. The second kappa shape index (κ2) is 3.63. The molecule has 1 aromatic heterocycles. The average molecular weight is 273 g/mol. The fourth-order valence-electron chi connectivity index (χ4n) is 1.18. The molecule has 0 bridgehead atoms. The van der Waals surface area contributed by atoms with E-state index in [4.69, 9.17) is 17.3 Å². The number of H-pyrrole nitrogens is 1. The molecular formula is C9H7BrClN3. The van der Waals surface area contributed by atoms with Crippen LogP contribution >= 0.6 is 27.5 Å². The quantitative estimate of drug-likeness (QED) is 0.838. The van der Waals surface area contributed by atoms with Crippen LogP contribution in [-0.2, 0) is 0 Å². The van der Waals surface area contributed by atoms with Crippen LogP contribution in [0, 0.1) is 0 Å². The van der Waals surface area contributed by atoms with Crippen LogP contribution in [0.25, 0.3) is 11.3 Å². The number of aromatic nitrogens is 2. The van der Waals surface area contributed by atoms with Gasteiger partial charge < -0.3 is 5.73 Å². The Hall–Kier alpha value is -1.00. The summed E-state index contributed by atoms with van der Waals surface area (Å²) in [6, 6.07) is 7.32. The number of hydrogen-bond acceptors (Lipinski definition) is 2. The van der Waals surface area contributed by atoms with E-state index in [0.29, 0.717) is 10.8 Å². The van der Waals surface area contributed by atoms with Crippen molar-refractivity contribution in [2.75, 3.05) is 5.73 Å². The maximum absolute atomic E-state index is 5.83. The number of nitrogen functional groups attached to an aromatic ring is 1. The van der Waals surface area contributed by atoms with Crippen molar-refractivity contribution < 1.29 is 0 Å². The monoisotopic (exact) mass is 271 g/mol. The number of hydrogen-bond donors (Lipinski definition) is 2. The minimum absolute atomic E-state index is 0.474. The van der Waals surface area contributed by atoms with Crippen LogP contribution in [0.1, 0.15) is 0 Å². The van der Waals surface area contributed by atoms with E-state index in [0.717, 1.165) is 15.7 Å². The van der Waals surface area contributed by atoms with E-state index in [1.165, 1.54) is 0 Å². The fraction of sp³-hybridized carbons (Fsp3) is 0. The van der Waals surface area contributed by atoms with Crippen molar-refractivity contribution in [1.29, 1.82) is 0 Å². The number of halogens is 2. The molecule has 72 valence electrons. The second-order valence-corrected chi connectivity index (χ2v) is 4.12. The van der Waals surface area contributed by atoms with Crippen molar-refractivity contribution in [3.8, 4) is 11.3 Å². The van der Waals surface area contributed by atoms with Gasteiger partial charge in [-0.25, -0.2) is 0 Å². The molecule has 0 saturated carbocycles. The van der Waals surface area contributed by atoms with E-state index in [1.54, 1.807) is 6.07 Å². The third kappa shape index (κ3) is 1.76. The number of nitrogens with zero attached hydrogens (tertiary/aromatic N) is 1. The summed E-state index contributed by atoms with van der Waals surface area (Å²) in [6.45, 7) is 0. The zero-order valence-electron chi connectivity index (χ0n) is 7.09. The largest absolute Gasteiger partial charge is 0.382 e. The normalized spacial score (nSPS) is 10.4. The molecule has 2 aromatic rings. The Morgan fingerprint density at radius 1 is 1.36 bits per heavy atom. The molecule has 0 unspecified atom stereocenters. The topological polar surface area (TPSA) is 54.7 Å². The molecule has 14 heavy (non-hydrogen) atoms. The highest BCUT2D eigenvalue weighted by Gasteiger charge is 2.05. The van der Waals surface area contributed by atoms with E-state index in [1.807, 2.05) is 18.2 Å². The highest BCUT2D eigenvalue weighted by molar-refractivity contribution is 9.10. The van der Waals surface area contributed by atoms with Crippen LogP contribution in [0.3, 0.4) is 0 Å². The molecule has 1 aromatic carbocycles. The van der Waals surface area contributed by atoms with Crippen LogP contribution in [0.2, 0.25) is 5.02 Å². The SMILES string of the molecule is Nc1cc(-c2ccc(Cl)cc2Br)[nH]n1. The molecule has 0 aliphatic heterocycles. The number of benzene rings is 1. The molecular weight excluding hydrogens is 265 g/mol. The molecule has 3 nitrogen and oxygen atoms in total. The summed E-state index contributed by atoms with van der Waals surface area (Å²) in [5.74, 6) is 0.474. The molecule has 0 radical (unpaired) electrons. The van der Waals surface area contributed by atoms with E-state index < -0.39 is 0 Å². The number of nitrogens with one attached hydrogen (secondary N) is 1. The maximum Gasteiger partial charge on any atom is 0.145 e. The molecule has 1 heterocycles. The van der Waals surface area contributed by atoms with Crippen molar-refractivity contribution in [1.82, 2.24) is 10.2 Å². The van der Waals surface area contributed by atoms with Crippen molar-refractivity contribution in [3.63, 3.8) is 0 Å². The molecule has 0 amide bonds. The molecule has 3 N–H and O–H groups in total. The predicted octanol–water partition coefficient (Wildman–Crippen LogP) is 3.07. The van der Waals surface area contributed by atoms with Gasteiger partial charge in [-0.05, 0) is 12.1 Å². The summed E-state index contributed by atoms with van der Waals surface area (Å²) >= 11 is 9.25. The minimum atomic E-state index is 0.474. The van der Waals surface area contributed by atoms with Crippen LogP contribution < -0.4 is 5.73 Å². The summed E-state index contributed by atoms with van der Waals surface area (Å²) in [5.41, 5.74) is 7.36. The highest BCUT2D eigenvalue weighted by atomic mass is 79.9. The van der Waals surface area contributed by atoms with Gasteiger partial charge in [0.2, 0.25) is 0 Å². The maximum atomic E-state index is 5.83. The van der Waals surface area contributed by atoms with Crippen molar-refractivity contribution in [2.45, 2.75) is 0 Å². The lowest BCUT2D eigenvalue weighted by molar-refractivity contribution is 1.10. The van der Waals surface area contributed by atoms with Crippen molar-refractivity contribution in [2.24, 2.45) is 0 Å². The number of anilines is 1. The van der Waals surface area contributed by atoms with Gasteiger partial charge in [0.15, 0.2) is 0 Å². The summed E-state index contributed by atoms with van der Waals surface area (Å²) in [4.78, 5) is 0. The van der Waals surface area contributed by atoms with Gasteiger partial charge in [0.05, 0.1) is 5.69 Å². The number of nitrogens with two attached hydrogens (primary N) is 1. The van der Waals surface area contributed by atoms with Crippen LogP contribution in [0.15, 0.2) is 28.7 Å².